The van der Waals surface area contributed by atoms with Crippen LogP contribution >= 0.6 is 11.3 Å². The number of hydrogen-bond donors (Lipinski definition) is 1. The van der Waals surface area contributed by atoms with Gasteiger partial charge in [0.1, 0.15) is 16.5 Å². The Bertz CT molecular complexity index is 749. The van der Waals surface area contributed by atoms with Crippen molar-refractivity contribution in [2.45, 2.75) is 33.1 Å². The summed E-state index contributed by atoms with van der Waals surface area (Å²) in [6, 6.07) is 2.03. The topological polar surface area (TPSA) is 76.7 Å². The van der Waals surface area contributed by atoms with Crippen molar-refractivity contribution in [3.63, 3.8) is 0 Å². The first-order valence-electron chi connectivity index (χ1n) is 6.91. The molecule has 0 saturated heterocycles. The van der Waals surface area contributed by atoms with Gasteiger partial charge in [0.15, 0.2) is 5.82 Å². The van der Waals surface area contributed by atoms with E-state index in [0.29, 0.717) is 18.9 Å². The molecule has 3 aromatic rings. The highest BCUT2D eigenvalue weighted by atomic mass is 32.1. The average Bonchev–Trinajstić information content (AvgIpc) is 3.06. The van der Waals surface area contributed by atoms with Gasteiger partial charge in [-0.15, -0.1) is 11.3 Å². The molecule has 0 unspecified atom stereocenters. The maximum absolute atomic E-state index is 5.23. The Morgan fingerprint density at radius 2 is 2.14 bits per heavy atom. The maximum atomic E-state index is 5.23. The first-order chi connectivity index (χ1) is 10.1. The van der Waals surface area contributed by atoms with Gasteiger partial charge in [0.05, 0.1) is 5.39 Å². The zero-order chi connectivity index (χ0) is 14.8. The summed E-state index contributed by atoms with van der Waals surface area (Å²) in [6.45, 7) is 6.69. The zero-order valence-electron chi connectivity index (χ0n) is 12.3. The Morgan fingerprint density at radius 3 is 2.90 bits per heavy atom. The molecular weight excluding hydrogens is 286 g/mol. The van der Waals surface area contributed by atoms with E-state index in [2.05, 4.69) is 25.4 Å². The van der Waals surface area contributed by atoms with Gasteiger partial charge in [-0.2, -0.15) is 4.98 Å². The van der Waals surface area contributed by atoms with E-state index in [1.54, 1.807) is 11.3 Å². The molecule has 0 aliphatic heterocycles. The molecule has 0 aliphatic rings. The first kappa shape index (κ1) is 13.9. The highest BCUT2D eigenvalue weighted by Crippen LogP contribution is 2.24. The molecule has 0 aliphatic carbocycles. The monoisotopic (exact) mass is 303 g/mol. The van der Waals surface area contributed by atoms with Crippen molar-refractivity contribution in [1.82, 2.24) is 20.1 Å². The summed E-state index contributed by atoms with van der Waals surface area (Å²) in [6.07, 6.45) is 0.675. The molecule has 7 heteroatoms. The molecule has 0 spiro atoms. The van der Waals surface area contributed by atoms with Gasteiger partial charge in [-0.05, 0) is 18.4 Å². The summed E-state index contributed by atoms with van der Waals surface area (Å²) in [5.41, 5.74) is 0. The van der Waals surface area contributed by atoms with Crippen LogP contribution in [0.1, 0.15) is 37.3 Å². The predicted octanol–water partition coefficient (Wildman–Crippen LogP) is 3.16. The zero-order valence-corrected chi connectivity index (χ0v) is 13.1. The van der Waals surface area contributed by atoms with Crippen molar-refractivity contribution >= 4 is 27.4 Å². The fourth-order valence-corrected chi connectivity index (χ4v) is 2.80. The molecule has 0 aromatic carbocycles. The van der Waals surface area contributed by atoms with Gasteiger partial charge in [0, 0.05) is 18.9 Å². The molecule has 3 heterocycles. The van der Waals surface area contributed by atoms with Crippen molar-refractivity contribution in [2.24, 2.45) is 0 Å². The Hall–Kier alpha value is -2.02. The number of anilines is 1. The number of aromatic nitrogens is 4. The van der Waals surface area contributed by atoms with Gasteiger partial charge in [-0.1, -0.05) is 19.0 Å². The van der Waals surface area contributed by atoms with Crippen molar-refractivity contribution in [1.29, 1.82) is 0 Å². The molecule has 0 atom stereocenters. The fraction of sp³-hybridized carbons (Fsp3) is 0.429. The van der Waals surface area contributed by atoms with Gasteiger partial charge in [-0.25, -0.2) is 9.97 Å². The molecule has 0 fully saturated rings. The van der Waals surface area contributed by atoms with Crippen LogP contribution in [0.15, 0.2) is 16.0 Å². The Labute approximate surface area is 126 Å². The smallest absolute Gasteiger partial charge is 0.228 e. The quantitative estimate of drug-likeness (QED) is 0.780. The molecule has 6 nitrogen and oxygen atoms in total. The average molecular weight is 303 g/mol. The van der Waals surface area contributed by atoms with Crippen LogP contribution in [0.4, 0.5) is 5.82 Å². The summed E-state index contributed by atoms with van der Waals surface area (Å²) in [5.74, 6) is 3.32. The maximum Gasteiger partial charge on any atom is 0.228 e. The van der Waals surface area contributed by atoms with Gasteiger partial charge in [0.2, 0.25) is 5.89 Å². The summed E-state index contributed by atoms with van der Waals surface area (Å²) in [7, 11) is 0. The fourth-order valence-electron chi connectivity index (χ4n) is 1.99. The molecular formula is C14H17N5OS. The van der Waals surface area contributed by atoms with Crippen molar-refractivity contribution in [3.05, 3.63) is 29.0 Å². The minimum atomic E-state index is 0.283. The van der Waals surface area contributed by atoms with E-state index in [0.717, 1.165) is 27.7 Å². The van der Waals surface area contributed by atoms with Gasteiger partial charge < -0.3 is 9.84 Å². The summed E-state index contributed by atoms with van der Waals surface area (Å²) in [5, 5.41) is 10.4. The SMILES string of the molecule is Cc1nc(NCCc2nc(C(C)C)no2)c2ccsc2n1. The molecule has 110 valence electrons. The lowest BCUT2D eigenvalue weighted by Gasteiger charge is -2.05. The van der Waals surface area contributed by atoms with E-state index in [-0.39, 0.29) is 5.92 Å². The summed E-state index contributed by atoms with van der Waals surface area (Å²) < 4.78 is 5.23. The highest BCUT2D eigenvalue weighted by molar-refractivity contribution is 7.16. The van der Waals surface area contributed by atoms with Gasteiger partial charge in [0.25, 0.3) is 0 Å². The summed E-state index contributed by atoms with van der Waals surface area (Å²) >= 11 is 1.62. The lowest BCUT2D eigenvalue weighted by Crippen LogP contribution is -2.08. The second-order valence-electron chi connectivity index (χ2n) is 5.14. The summed E-state index contributed by atoms with van der Waals surface area (Å²) in [4.78, 5) is 14.2. The highest BCUT2D eigenvalue weighted by Gasteiger charge is 2.10. The van der Waals surface area contributed by atoms with Crippen LogP contribution in [0, 0.1) is 6.92 Å². The number of nitrogens with zero attached hydrogens (tertiary/aromatic N) is 4. The second kappa shape index (κ2) is 5.77. The van der Waals surface area contributed by atoms with Crippen LogP contribution in [-0.4, -0.2) is 26.7 Å². The van der Waals surface area contributed by atoms with Crippen molar-refractivity contribution in [3.8, 4) is 0 Å². The Kier molecular flexibility index (Phi) is 3.83. The minimum Gasteiger partial charge on any atom is -0.369 e. The minimum absolute atomic E-state index is 0.283. The van der Waals surface area contributed by atoms with E-state index < -0.39 is 0 Å². The number of rotatable bonds is 5. The number of fused-ring (bicyclic) bond motifs is 1. The van der Waals surface area contributed by atoms with E-state index in [1.165, 1.54) is 0 Å². The number of hydrogen-bond acceptors (Lipinski definition) is 7. The second-order valence-corrected chi connectivity index (χ2v) is 6.03. The Morgan fingerprint density at radius 1 is 1.29 bits per heavy atom. The number of thiophene rings is 1. The third kappa shape index (κ3) is 3.02. The lowest BCUT2D eigenvalue weighted by molar-refractivity contribution is 0.373. The lowest BCUT2D eigenvalue weighted by atomic mass is 10.2. The van der Waals surface area contributed by atoms with Crippen LogP contribution in [-0.2, 0) is 6.42 Å². The van der Waals surface area contributed by atoms with Crippen molar-refractivity contribution in [2.75, 3.05) is 11.9 Å². The van der Waals surface area contributed by atoms with Crippen LogP contribution < -0.4 is 5.32 Å². The largest absolute Gasteiger partial charge is 0.369 e. The standard InChI is InChI=1S/C14H17N5OS/c1-8(2)12-18-11(20-19-12)4-6-15-13-10-5-7-21-14(10)17-9(3)16-13/h5,7-8H,4,6H2,1-3H3,(H,15,16,17). The third-order valence-corrected chi connectivity index (χ3v) is 3.87. The molecule has 3 aromatic heterocycles. The Balaban J connectivity index is 1.67. The van der Waals surface area contributed by atoms with Gasteiger partial charge in [-0.3, -0.25) is 0 Å². The molecule has 3 rings (SSSR count). The van der Waals surface area contributed by atoms with Crippen LogP contribution in [0.5, 0.6) is 0 Å². The number of nitrogens with one attached hydrogen (secondary N) is 1. The van der Waals surface area contributed by atoms with Crippen LogP contribution in [0.25, 0.3) is 10.2 Å². The molecule has 0 amide bonds. The van der Waals surface area contributed by atoms with E-state index in [1.807, 2.05) is 32.2 Å². The normalized spacial score (nSPS) is 11.4. The van der Waals surface area contributed by atoms with Crippen molar-refractivity contribution < 1.29 is 4.52 Å². The van der Waals surface area contributed by atoms with Gasteiger partial charge >= 0.3 is 0 Å². The predicted molar refractivity (Wildman–Crippen MR) is 82.7 cm³/mol. The third-order valence-electron chi connectivity index (χ3n) is 3.07. The number of aryl methyl sites for hydroxylation is 1. The first-order valence-corrected chi connectivity index (χ1v) is 7.79. The van der Waals surface area contributed by atoms with E-state index in [9.17, 15) is 0 Å². The molecule has 0 bridgehead atoms. The van der Waals surface area contributed by atoms with Crippen LogP contribution in [0.3, 0.4) is 0 Å². The van der Waals surface area contributed by atoms with E-state index >= 15 is 0 Å². The molecule has 0 radical (unpaired) electrons. The van der Waals surface area contributed by atoms with E-state index in [4.69, 9.17) is 4.52 Å². The molecule has 21 heavy (non-hydrogen) atoms. The van der Waals surface area contributed by atoms with Crippen LogP contribution in [0.2, 0.25) is 0 Å². The molecule has 1 N–H and O–H groups in total. The molecule has 0 saturated carbocycles.